The second kappa shape index (κ2) is 11.7. The number of aromatic nitrogens is 2. The number of halogens is 5. The Morgan fingerprint density at radius 2 is 1.76 bits per heavy atom. The molecule has 0 spiro atoms. The third-order valence-corrected chi connectivity index (χ3v) is 8.24. The Bertz CT molecular complexity index is 1790. The Balaban J connectivity index is 1.32. The Hall–Kier alpha value is -4.45. The van der Waals surface area contributed by atoms with Gasteiger partial charge in [-0.1, -0.05) is 12.1 Å². The number of hydrogen-bond acceptors (Lipinski definition) is 6. The summed E-state index contributed by atoms with van der Waals surface area (Å²) >= 11 is 0. The summed E-state index contributed by atoms with van der Waals surface area (Å²) in [5.41, 5.74) is -1.37. The second-order valence-corrected chi connectivity index (χ2v) is 12.2. The molecule has 3 aromatic carbocycles. The number of carbonyl (C=O) groups excluding carboxylic acids is 1. The normalized spacial score (nSPS) is 17.4. The maximum atomic E-state index is 15.5. The number of benzene rings is 3. The molecule has 2 heterocycles. The van der Waals surface area contributed by atoms with Crippen LogP contribution in [-0.2, 0) is 28.7 Å². The van der Waals surface area contributed by atoms with E-state index in [0.717, 1.165) is 23.8 Å². The number of alkyl halides is 3. The number of fused-ring (bicyclic) bond motifs is 2. The van der Waals surface area contributed by atoms with Crippen LogP contribution in [0.1, 0.15) is 61.0 Å². The van der Waals surface area contributed by atoms with Crippen LogP contribution in [0.15, 0.2) is 54.9 Å². The summed E-state index contributed by atoms with van der Waals surface area (Å²) in [4.78, 5) is 11.7. The molecule has 1 aliphatic heterocycles. The molecule has 0 saturated heterocycles. The first kappa shape index (κ1) is 31.5. The van der Waals surface area contributed by atoms with Gasteiger partial charge >= 0.3 is 12.1 Å². The molecule has 2 atom stereocenters. The molecule has 1 aliphatic carbocycles. The molecule has 2 aliphatic rings. The molecule has 6 rings (SSSR count). The van der Waals surface area contributed by atoms with Gasteiger partial charge in [0.15, 0.2) is 0 Å². The van der Waals surface area contributed by atoms with Gasteiger partial charge in [-0.2, -0.15) is 18.3 Å². The van der Waals surface area contributed by atoms with E-state index in [0.29, 0.717) is 35.7 Å². The third-order valence-electron chi connectivity index (χ3n) is 8.24. The lowest BCUT2D eigenvalue weighted by molar-refractivity contribution is -0.141. The molecule has 1 N–H and O–H groups in total. The van der Waals surface area contributed by atoms with E-state index in [1.165, 1.54) is 30.3 Å². The summed E-state index contributed by atoms with van der Waals surface area (Å²) in [5.74, 6) is -1.62. The first-order valence-corrected chi connectivity index (χ1v) is 14.7. The van der Waals surface area contributed by atoms with Crippen molar-refractivity contribution in [1.29, 1.82) is 0 Å². The van der Waals surface area contributed by atoms with Crippen LogP contribution in [0.25, 0.3) is 22.3 Å². The lowest BCUT2D eigenvalue weighted by Gasteiger charge is -2.20. The van der Waals surface area contributed by atoms with Crippen LogP contribution >= 0.6 is 0 Å². The van der Waals surface area contributed by atoms with E-state index in [-0.39, 0.29) is 48.0 Å². The van der Waals surface area contributed by atoms with Gasteiger partial charge in [-0.15, -0.1) is 0 Å². The Morgan fingerprint density at radius 3 is 2.43 bits per heavy atom. The molecule has 46 heavy (non-hydrogen) atoms. The molecule has 0 fully saturated rings. The zero-order valence-corrected chi connectivity index (χ0v) is 25.3. The maximum Gasteiger partial charge on any atom is 0.417 e. The molecule has 0 radical (unpaired) electrons. The fourth-order valence-corrected chi connectivity index (χ4v) is 6.27. The van der Waals surface area contributed by atoms with Gasteiger partial charge in [0.25, 0.3) is 0 Å². The van der Waals surface area contributed by atoms with Gasteiger partial charge in [0, 0.05) is 29.3 Å². The number of rotatable bonds is 8. The van der Waals surface area contributed by atoms with E-state index in [4.69, 9.17) is 14.2 Å². The van der Waals surface area contributed by atoms with Crippen molar-refractivity contribution in [3.63, 3.8) is 0 Å². The van der Waals surface area contributed by atoms with Gasteiger partial charge in [-0.3, -0.25) is 9.48 Å². The summed E-state index contributed by atoms with van der Waals surface area (Å²) in [6.45, 7) is 3.48. The van der Waals surface area contributed by atoms with Crippen LogP contribution in [0.5, 0.6) is 11.5 Å². The van der Waals surface area contributed by atoms with Gasteiger partial charge in [-0.25, -0.2) is 8.78 Å². The number of methoxy groups -OCH3 is 1. The average Bonchev–Trinajstić information content (AvgIpc) is 3.70. The van der Waals surface area contributed by atoms with Crippen molar-refractivity contribution >= 4 is 5.97 Å². The van der Waals surface area contributed by atoms with Gasteiger partial charge < -0.3 is 19.3 Å². The molecule has 7 nitrogen and oxygen atoms in total. The van der Waals surface area contributed by atoms with Crippen LogP contribution in [-0.4, -0.2) is 40.2 Å². The van der Waals surface area contributed by atoms with Crippen molar-refractivity contribution in [3.8, 4) is 33.8 Å². The van der Waals surface area contributed by atoms with E-state index in [1.807, 2.05) is 0 Å². The highest BCUT2D eigenvalue weighted by Gasteiger charge is 2.39. The number of nitrogens with zero attached hydrogens (tertiary/aromatic N) is 2. The van der Waals surface area contributed by atoms with Crippen LogP contribution in [0.4, 0.5) is 22.0 Å². The Kier molecular flexibility index (Phi) is 8.04. The lowest BCUT2D eigenvalue weighted by Crippen LogP contribution is -2.26. The van der Waals surface area contributed by atoms with Crippen molar-refractivity contribution in [2.24, 2.45) is 0 Å². The standard InChI is InChI=1S/C34H31F5N2O5/c1-33(2,43)17-41-15-20(14-40-41)32-26(35)10-18(11-27(32)36)31-24-7-9-28(23(24)6-8-25(31)34(37,38)39)46-21-4-5-22-19(12-30(42)44-3)16-45-29(22)13-21/h4-6,8,10-11,13-15,19,28,43H,7,9,12,16-17H2,1-3H3. The number of ether oxygens (including phenoxy) is 3. The molecule has 12 heteroatoms. The van der Waals surface area contributed by atoms with Gasteiger partial charge in [0.2, 0.25) is 0 Å². The maximum absolute atomic E-state index is 15.5. The minimum atomic E-state index is -4.79. The molecular formula is C34H31F5N2O5. The van der Waals surface area contributed by atoms with Gasteiger partial charge in [0.1, 0.15) is 29.2 Å². The highest BCUT2D eigenvalue weighted by molar-refractivity contribution is 5.77. The largest absolute Gasteiger partial charge is 0.492 e. The SMILES string of the molecule is COC(=O)CC1COc2cc(OC3CCc4c3ccc(C(F)(F)F)c4-c3cc(F)c(-c4cnn(CC(C)(C)O)c4)c(F)c3)ccc21. The van der Waals surface area contributed by atoms with Crippen molar-refractivity contribution in [2.75, 3.05) is 13.7 Å². The monoisotopic (exact) mass is 642 g/mol. The summed E-state index contributed by atoms with van der Waals surface area (Å²) in [6.07, 6.45) is -2.10. The van der Waals surface area contributed by atoms with Gasteiger partial charge in [0.05, 0.1) is 49.6 Å². The fraction of sp³-hybridized carbons (Fsp3) is 0.353. The minimum Gasteiger partial charge on any atom is -0.492 e. The summed E-state index contributed by atoms with van der Waals surface area (Å²) < 4.78 is 92.0. The Labute approximate surface area is 261 Å². The predicted octanol–water partition coefficient (Wildman–Crippen LogP) is 7.39. The smallest absolute Gasteiger partial charge is 0.417 e. The molecule has 0 amide bonds. The number of hydrogen-bond donors (Lipinski definition) is 1. The van der Waals surface area contributed by atoms with Crippen LogP contribution < -0.4 is 9.47 Å². The zero-order chi connectivity index (χ0) is 33.0. The minimum absolute atomic E-state index is 0.0665. The van der Waals surface area contributed by atoms with Crippen LogP contribution in [0.3, 0.4) is 0 Å². The second-order valence-electron chi connectivity index (χ2n) is 12.2. The zero-order valence-electron chi connectivity index (χ0n) is 25.3. The summed E-state index contributed by atoms with van der Waals surface area (Å²) in [6, 6.07) is 9.29. The van der Waals surface area contributed by atoms with Crippen molar-refractivity contribution < 1.29 is 46.1 Å². The van der Waals surface area contributed by atoms with Crippen LogP contribution in [0, 0.1) is 11.6 Å². The van der Waals surface area contributed by atoms with E-state index in [1.54, 1.807) is 32.0 Å². The topological polar surface area (TPSA) is 82.8 Å². The highest BCUT2D eigenvalue weighted by Crippen LogP contribution is 2.48. The molecule has 0 bridgehead atoms. The average molecular weight is 643 g/mol. The third kappa shape index (κ3) is 6.18. The predicted molar refractivity (Wildman–Crippen MR) is 157 cm³/mol. The van der Waals surface area contributed by atoms with E-state index < -0.39 is 40.6 Å². The summed E-state index contributed by atoms with van der Waals surface area (Å²) in [5, 5.41) is 14.1. The van der Waals surface area contributed by atoms with E-state index >= 15 is 8.78 Å². The van der Waals surface area contributed by atoms with Crippen molar-refractivity contribution in [1.82, 2.24) is 9.78 Å². The van der Waals surface area contributed by atoms with Crippen molar-refractivity contribution in [3.05, 3.63) is 88.7 Å². The number of carbonyl (C=O) groups is 1. The fourth-order valence-electron chi connectivity index (χ4n) is 6.27. The molecule has 242 valence electrons. The molecular weight excluding hydrogens is 611 g/mol. The molecule has 4 aromatic rings. The molecule has 1 aromatic heterocycles. The number of esters is 1. The first-order valence-electron chi connectivity index (χ1n) is 14.7. The van der Waals surface area contributed by atoms with Crippen LogP contribution in [0.2, 0.25) is 0 Å². The highest BCUT2D eigenvalue weighted by atomic mass is 19.4. The van der Waals surface area contributed by atoms with Gasteiger partial charge in [-0.05, 0) is 73.2 Å². The van der Waals surface area contributed by atoms with Crippen molar-refractivity contribution in [2.45, 2.75) is 63.5 Å². The molecule has 0 saturated carbocycles. The lowest BCUT2D eigenvalue weighted by atomic mass is 9.90. The molecule has 2 unspecified atom stereocenters. The summed E-state index contributed by atoms with van der Waals surface area (Å²) in [7, 11) is 1.32. The Morgan fingerprint density at radius 1 is 1.04 bits per heavy atom. The quantitative estimate of drug-likeness (QED) is 0.160. The first-order chi connectivity index (χ1) is 21.7. The van der Waals surface area contributed by atoms with E-state index in [9.17, 15) is 23.1 Å². The number of aliphatic hydroxyl groups is 1. The van der Waals surface area contributed by atoms with E-state index in [2.05, 4.69) is 5.10 Å².